The van der Waals surface area contributed by atoms with Crippen LogP contribution in [0.5, 0.6) is 5.75 Å². The van der Waals surface area contributed by atoms with E-state index in [0.717, 1.165) is 12.1 Å². The zero-order valence-corrected chi connectivity index (χ0v) is 15.7. The van der Waals surface area contributed by atoms with E-state index < -0.39 is 29.9 Å². The van der Waals surface area contributed by atoms with Crippen molar-refractivity contribution in [1.29, 1.82) is 0 Å². The highest BCUT2D eigenvalue weighted by molar-refractivity contribution is 5.97. The smallest absolute Gasteiger partial charge is 0.403 e. The van der Waals surface area contributed by atoms with E-state index in [9.17, 15) is 22.4 Å². The Morgan fingerprint density at radius 3 is 2.61 bits per heavy atom. The number of amides is 1. The lowest BCUT2D eigenvalue weighted by atomic mass is 10.0. The van der Waals surface area contributed by atoms with Crippen molar-refractivity contribution in [2.24, 2.45) is 0 Å². The number of fused-ring (bicyclic) bond motifs is 1. The summed E-state index contributed by atoms with van der Waals surface area (Å²) < 4.78 is 55.2. The Morgan fingerprint density at radius 2 is 1.90 bits per heavy atom. The summed E-state index contributed by atoms with van der Waals surface area (Å²) in [6, 6.07) is 11.9. The molecule has 10 heteroatoms. The predicted molar refractivity (Wildman–Crippen MR) is 103 cm³/mol. The summed E-state index contributed by atoms with van der Waals surface area (Å²) in [6.07, 6.45) is -2.04. The molecule has 0 aliphatic heterocycles. The van der Waals surface area contributed by atoms with Gasteiger partial charge in [0.25, 0.3) is 5.91 Å². The lowest BCUT2D eigenvalue weighted by Gasteiger charge is -2.20. The SMILES string of the molecule is O=C(NC(c1ccc(OC(F)(F)F)c(F)c1)c1ccccn1)c1ccc2nc[nH]c2c1. The fourth-order valence-corrected chi connectivity index (χ4v) is 3.07. The van der Waals surface area contributed by atoms with E-state index >= 15 is 0 Å². The van der Waals surface area contributed by atoms with Gasteiger partial charge in [0.1, 0.15) is 0 Å². The van der Waals surface area contributed by atoms with Crippen LogP contribution in [0, 0.1) is 5.82 Å². The number of ether oxygens (including phenoxy) is 1. The van der Waals surface area contributed by atoms with Gasteiger partial charge in [-0.25, -0.2) is 9.37 Å². The van der Waals surface area contributed by atoms with Crippen molar-refractivity contribution in [2.45, 2.75) is 12.4 Å². The molecule has 1 atom stereocenters. The normalized spacial score (nSPS) is 12.5. The molecular weight excluding hydrogens is 416 g/mol. The van der Waals surface area contributed by atoms with Crippen molar-refractivity contribution in [3.05, 3.63) is 89.8 Å². The molecule has 2 heterocycles. The zero-order valence-electron chi connectivity index (χ0n) is 15.7. The average molecular weight is 430 g/mol. The molecule has 2 aromatic carbocycles. The van der Waals surface area contributed by atoms with Gasteiger partial charge < -0.3 is 15.0 Å². The second kappa shape index (κ2) is 8.05. The molecule has 4 aromatic rings. The number of imidazole rings is 1. The van der Waals surface area contributed by atoms with Gasteiger partial charge in [0.15, 0.2) is 11.6 Å². The summed E-state index contributed by atoms with van der Waals surface area (Å²) >= 11 is 0. The van der Waals surface area contributed by atoms with Crippen molar-refractivity contribution in [2.75, 3.05) is 0 Å². The Labute approximate surface area is 172 Å². The minimum atomic E-state index is -5.03. The summed E-state index contributed by atoms with van der Waals surface area (Å²) in [4.78, 5) is 24.0. The Bertz CT molecular complexity index is 1230. The van der Waals surface area contributed by atoms with Crippen LogP contribution in [0.2, 0.25) is 0 Å². The molecule has 6 nitrogen and oxygen atoms in total. The molecule has 0 aliphatic rings. The Morgan fingerprint density at radius 1 is 1.06 bits per heavy atom. The van der Waals surface area contributed by atoms with Crippen molar-refractivity contribution in [3.8, 4) is 5.75 Å². The van der Waals surface area contributed by atoms with Crippen LogP contribution >= 0.6 is 0 Å². The molecule has 4 rings (SSSR count). The van der Waals surface area contributed by atoms with Gasteiger partial charge in [0, 0.05) is 11.8 Å². The quantitative estimate of drug-likeness (QED) is 0.457. The highest BCUT2D eigenvalue weighted by atomic mass is 19.4. The predicted octanol–water partition coefficient (Wildman–Crippen LogP) is 4.52. The van der Waals surface area contributed by atoms with Gasteiger partial charge in [-0.2, -0.15) is 0 Å². The molecular formula is C21H14F4N4O2. The molecule has 0 aliphatic carbocycles. The van der Waals surface area contributed by atoms with Crippen LogP contribution in [0.4, 0.5) is 17.6 Å². The lowest BCUT2D eigenvalue weighted by Crippen LogP contribution is -2.30. The molecule has 0 spiro atoms. The molecule has 0 radical (unpaired) electrons. The molecule has 1 amide bonds. The third kappa shape index (κ3) is 4.63. The number of rotatable bonds is 5. The second-order valence-corrected chi connectivity index (χ2v) is 6.53. The Kier molecular flexibility index (Phi) is 5.28. The van der Waals surface area contributed by atoms with Gasteiger partial charge in [0.05, 0.1) is 29.1 Å². The summed E-state index contributed by atoms with van der Waals surface area (Å²) in [5.41, 5.74) is 2.22. The fourth-order valence-electron chi connectivity index (χ4n) is 3.07. The zero-order chi connectivity index (χ0) is 22.0. The Balaban J connectivity index is 1.66. The van der Waals surface area contributed by atoms with Gasteiger partial charge in [-0.3, -0.25) is 9.78 Å². The van der Waals surface area contributed by atoms with E-state index in [4.69, 9.17) is 0 Å². The molecule has 1 unspecified atom stereocenters. The number of H-pyrrole nitrogens is 1. The first-order valence-corrected chi connectivity index (χ1v) is 9.00. The maximum atomic E-state index is 14.3. The van der Waals surface area contributed by atoms with Crippen LogP contribution in [0.3, 0.4) is 0 Å². The van der Waals surface area contributed by atoms with Crippen LogP contribution in [0.15, 0.2) is 67.1 Å². The number of hydrogen-bond donors (Lipinski definition) is 2. The fraction of sp³-hybridized carbons (Fsp3) is 0.0952. The van der Waals surface area contributed by atoms with E-state index in [1.54, 1.807) is 36.4 Å². The minimum Gasteiger partial charge on any atom is -0.403 e. The highest BCUT2D eigenvalue weighted by Gasteiger charge is 2.32. The molecule has 0 bridgehead atoms. The van der Waals surface area contributed by atoms with E-state index in [-0.39, 0.29) is 5.56 Å². The van der Waals surface area contributed by atoms with Gasteiger partial charge >= 0.3 is 6.36 Å². The van der Waals surface area contributed by atoms with Crippen LogP contribution in [0.25, 0.3) is 11.0 Å². The minimum absolute atomic E-state index is 0.196. The van der Waals surface area contributed by atoms with E-state index in [1.807, 2.05) is 0 Å². The molecule has 0 saturated heterocycles. The molecule has 31 heavy (non-hydrogen) atoms. The number of benzene rings is 2. The molecule has 0 fully saturated rings. The first kappa shape index (κ1) is 20.3. The second-order valence-electron chi connectivity index (χ2n) is 6.53. The number of carbonyl (C=O) groups excluding carboxylic acids is 1. The topological polar surface area (TPSA) is 79.9 Å². The number of aromatic nitrogens is 3. The van der Waals surface area contributed by atoms with Gasteiger partial charge in [-0.15, -0.1) is 13.2 Å². The number of halogens is 4. The Hall–Kier alpha value is -3.95. The van der Waals surface area contributed by atoms with E-state index in [0.29, 0.717) is 22.3 Å². The first-order valence-electron chi connectivity index (χ1n) is 9.00. The molecule has 2 aromatic heterocycles. The van der Waals surface area contributed by atoms with Crippen LogP contribution in [-0.2, 0) is 0 Å². The van der Waals surface area contributed by atoms with E-state index in [1.165, 1.54) is 18.6 Å². The summed E-state index contributed by atoms with van der Waals surface area (Å²) in [7, 11) is 0. The molecule has 2 N–H and O–H groups in total. The highest BCUT2D eigenvalue weighted by Crippen LogP contribution is 2.29. The maximum absolute atomic E-state index is 14.3. The summed E-state index contributed by atoms with van der Waals surface area (Å²) in [5.74, 6) is -2.67. The number of nitrogens with one attached hydrogen (secondary N) is 2. The number of carbonyl (C=O) groups is 1. The standard InChI is InChI=1S/C21H14F4N4O2/c22-14-9-12(5-7-18(14)31-21(23,24)25)19(16-3-1-2-8-26-16)29-20(30)13-4-6-15-17(10-13)28-11-27-15/h1-11,19H,(H,27,28)(H,29,30). The molecule has 158 valence electrons. The van der Waals surface area contributed by atoms with Gasteiger partial charge in [0.2, 0.25) is 0 Å². The number of hydrogen-bond acceptors (Lipinski definition) is 4. The monoisotopic (exact) mass is 430 g/mol. The van der Waals surface area contributed by atoms with Crippen molar-refractivity contribution >= 4 is 16.9 Å². The number of alkyl halides is 3. The van der Waals surface area contributed by atoms with Crippen molar-refractivity contribution in [3.63, 3.8) is 0 Å². The number of aromatic amines is 1. The maximum Gasteiger partial charge on any atom is 0.573 e. The van der Waals surface area contributed by atoms with Crippen LogP contribution < -0.4 is 10.1 Å². The van der Waals surface area contributed by atoms with Crippen molar-refractivity contribution < 1.29 is 27.1 Å². The molecule has 0 saturated carbocycles. The average Bonchev–Trinajstić information content (AvgIpc) is 3.21. The van der Waals surface area contributed by atoms with Gasteiger partial charge in [-0.05, 0) is 48.0 Å². The van der Waals surface area contributed by atoms with Crippen LogP contribution in [-0.4, -0.2) is 27.2 Å². The summed E-state index contributed by atoms with van der Waals surface area (Å²) in [5, 5.41) is 2.75. The number of nitrogens with zero attached hydrogens (tertiary/aromatic N) is 2. The van der Waals surface area contributed by atoms with Gasteiger partial charge in [-0.1, -0.05) is 12.1 Å². The van der Waals surface area contributed by atoms with Crippen LogP contribution in [0.1, 0.15) is 27.7 Å². The summed E-state index contributed by atoms with van der Waals surface area (Å²) in [6.45, 7) is 0. The van der Waals surface area contributed by atoms with E-state index in [2.05, 4.69) is 25.0 Å². The third-order valence-corrected chi connectivity index (χ3v) is 4.46. The largest absolute Gasteiger partial charge is 0.573 e. The first-order chi connectivity index (χ1) is 14.8. The van der Waals surface area contributed by atoms with Crippen molar-refractivity contribution in [1.82, 2.24) is 20.3 Å². The third-order valence-electron chi connectivity index (χ3n) is 4.46. The number of pyridine rings is 1. The lowest BCUT2D eigenvalue weighted by molar-refractivity contribution is -0.275.